The van der Waals surface area contributed by atoms with Crippen molar-refractivity contribution in [2.45, 2.75) is 19.6 Å². The van der Waals surface area contributed by atoms with Gasteiger partial charge in [0.25, 0.3) is 0 Å². The van der Waals surface area contributed by atoms with Crippen molar-refractivity contribution in [2.75, 3.05) is 20.7 Å². The number of rotatable bonds is 5. The third kappa shape index (κ3) is 4.01. The lowest BCUT2D eigenvalue weighted by Gasteiger charge is -2.20. The third-order valence-corrected chi connectivity index (χ3v) is 2.48. The van der Waals surface area contributed by atoms with Gasteiger partial charge in [0.15, 0.2) is 0 Å². The zero-order valence-electron chi connectivity index (χ0n) is 10.1. The Balaban J connectivity index is 2.56. The van der Waals surface area contributed by atoms with Crippen molar-refractivity contribution in [3.05, 3.63) is 35.4 Å². The van der Waals surface area contributed by atoms with Crippen LogP contribution in [-0.2, 0) is 11.3 Å². The Kier molecular flexibility index (Phi) is 4.97. The molecule has 0 heterocycles. The van der Waals surface area contributed by atoms with Crippen molar-refractivity contribution in [1.29, 1.82) is 5.26 Å². The van der Waals surface area contributed by atoms with E-state index in [0.717, 1.165) is 18.7 Å². The van der Waals surface area contributed by atoms with Gasteiger partial charge in [0, 0.05) is 20.2 Å². The van der Waals surface area contributed by atoms with Crippen LogP contribution in [0.15, 0.2) is 24.3 Å². The Morgan fingerprint density at radius 3 is 2.88 bits per heavy atom. The van der Waals surface area contributed by atoms with E-state index in [0.29, 0.717) is 5.56 Å². The summed E-state index contributed by atoms with van der Waals surface area (Å²) in [5.74, 6) is 0. The number of hydrogen-bond acceptors (Lipinski definition) is 3. The zero-order chi connectivity index (χ0) is 12.0. The molecule has 0 saturated heterocycles. The molecular formula is C13H18N2O. The molecule has 0 N–H and O–H groups in total. The fourth-order valence-electron chi connectivity index (χ4n) is 1.63. The fourth-order valence-corrected chi connectivity index (χ4v) is 1.63. The lowest BCUT2D eigenvalue weighted by Crippen LogP contribution is -2.28. The van der Waals surface area contributed by atoms with Crippen molar-refractivity contribution in [2.24, 2.45) is 0 Å². The first-order chi connectivity index (χ1) is 7.65. The minimum atomic E-state index is 0.226. The van der Waals surface area contributed by atoms with Crippen LogP contribution in [0.2, 0.25) is 0 Å². The molecule has 0 bridgehead atoms. The number of nitriles is 1. The van der Waals surface area contributed by atoms with Crippen LogP contribution >= 0.6 is 0 Å². The van der Waals surface area contributed by atoms with Gasteiger partial charge >= 0.3 is 0 Å². The third-order valence-electron chi connectivity index (χ3n) is 2.48. The first-order valence-corrected chi connectivity index (χ1v) is 5.36. The molecule has 1 aromatic rings. The molecule has 3 heteroatoms. The molecule has 0 saturated carbocycles. The van der Waals surface area contributed by atoms with Gasteiger partial charge in [0.2, 0.25) is 0 Å². The van der Waals surface area contributed by atoms with Gasteiger partial charge in [-0.25, -0.2) is 0 Å². The molecule has 0 aliphatic carbocycles. The van der Waals surface area contributed by atoms with E-state index < -0.39 is 0 Å². The Bertz CT molecular complexity index is 370. The second-order valence-electron chi connectivity index (χ2n) is 4.06. The summed E-state index contributed by atoms with van der Waals surface area (Å²) in [6.45, 7) is 3.76. The Labute approximate surface area is 97.3 Å². The zero-order valence-corrected chi connectivity index (χ0v) is 10.1. The monoisotopic (exact) mass is 218 g/mol. The second-order valence-corrected chi connectivity index (χ2v) is 4.06. The highest BCUT2D eigenvalue weighted by atomic mass is 16.5. The van der Waals surface area contributed by atoms with Crippen molar-refractivity contribution < 1.29 is 4.74 Å². The van der Waals surface area contributed by atoms with Gasteiger partial charge in [0.05, 0.1) is 17.7 Å². The number of hydrogen-bond donors (Lipinski definition) is 0. The molecule has 1 atom stereocenters. The van der Waals surface area contributed by atoms with Crippen LogP contribution in [0.3, 0.4) is 0 Å². The first-order valence-electron chi connectivity index (χ1n) is 5.36. The maximum Gasteiger partial charge on any atom is 0.0991 e. The van der Waals surface area contributed by atoms with Gasteiger partial charge in [-0.15, -0.1) is 0 Å². The van der Waals surface area contributed by atoms with Crippen LogP contribution in [0.1, 0.15) is 18.1 Å². The highest BCUT2D eigenvalue weighted by Crippen LogP contribution is 2.07. The van der Waals surface area contributed by atoms with Crippen LogP contribution in [0.25, 0.3) is 0 Å². The van der Waals surface area contributed by atoms with E-state index in [1.165, 1.54) is 0 Å². The van der Waals surface area contributed by atoms with E-state index in [-0.39, 0.29) is 6.10 Å². The topological polar surface area (TPSA) is 36.3 Å². The molecular weight excluding hydrogens is 200 g/mol. The lowest BCUT2D eigenvalue weighted by molar-refractivity contribution is 0.0837. The second kappa shape index (κ2) is 6.26. The summed E-state index contributed by atoms with van der Waals surface area (Å²) in [5.41, 5.74) is 1.87. The van der Waals surface area contributed by atoms with Crippen molar-refractivity contribution in [3.63, 3.8) is 0 Å². The maximum absolute atomic E-state index is 8.80. The number of nitrogens with zero attached hydrogens (tertiary/aromatic N) is 2. The molecule has 0 spiro atoms. The van der Waals surface area contributed by atoms with Crippen LogP contribution < -0.4 is 0 Å². The minimum absolute atomic E-state index is 0.226. The summed E-state index contributed by atoms with van der Waals surface area (Å²) in [6.07, 6.45) is 0.226. The van der Waals surface area contributed by atoms with E-state index in [9.17, 15) is 0 Å². The molecule has 1 unspecified atom stereocenters. The summed E-state index contributed by atoms with van der Waals surface area (Å²) in [7, 11) is 3.77. The quantitative estimate of drug-likeness (QED) is 0.758. The molecule has 1 aromatic carbocycles. The van der Waals surface area contributed by atoms with Gasteiger partial charge < -0.3 is 4.74 Å². The molecule has 1 rings (SSSR count). The van der Waals surface area contributed by atoms with Gasteiger partial charge in [-0.2, -0.15) is 5.26 Å². The van der Waals surface area contributed by atoms with E-state index >= 15 is 0 Å². The van der Waals surface area contributed by atoms with E-state index in [1.54, 1.807) is 7.11 Å². The average molecular weight is 218 g/mol. The van der Waals surface area contributed by atoms with Gasteiger partial charge in [-0.1, -0.05) is 12.1 Å². The molecule has 0 fully saturated rings. The number of methoxy groups -OCH3 is 1. The molecule has 0 radical (unpaired) electrons. The summed E-state index contributed by atoms with van der Waals surface area (Å²) < 4.78 is 5.21. The SMILES string of the molecule is COC(C)CN(C)Cc1cccc(C#N)c1. The highest BCUT2D eigenvalue weighted by Gasteiger charge is 2.05. The molecule has 0 aliphatic heterocycles. The van der Waals surface area contributed by atoms with E-state index in [4.69, 9.17) is 10.00 Å². The summed E-state index contributed by atoms with van der Waals surface area (Å²) in [6, 6.07) is 9.85. The average Bonchev–Trinajstić information content (AvgIpc) is 2.28. The van der Waals surface area contributed by atoms with Gasteiger partial charge in [-0.05, 0) is 31.7 Å². The highest BCUT2D eigenvalue weighted by molar-refractivity contribution is 5.32. The molecule has 0 amide bonds. The first kappa shape index (κ1) is 12.7. The summed E-state index contributed by atoms with van der Waals surface area (Å²) >= 11 is 0. The largest absolute Gasteiger partial charge is 0.380 e. The molecule has 0 aromatic heterocycles. The van der Waals surface area contributed by atoms with E-state index in [1.807, 2.05) is 31.2 Å². The number of benzene rings is 1. The number of ether oxygens (including phenoxy) is 1. The van der Waals surface area contributed by atoms with Crippen LogP contribution in [-0.4, -0.2) is 31.7 Å². The summed E-state index contributed by atoms with van der Waals surface area (Å²) in [5, 5.41) is 8.80. The number of likely N-dealkylation sites (N-methyl/N-ethyl adjacent to an activating group) is 1. The van der Waals surface area contributed by atoms with Crippen LogP contribution in [0.5, 0.6) is 0 Å². The van der Waals surface area contributed by atoms with Crippen LogP contribution in [0, 0.1) is 11.3 Å². The smallest absolute Gasteiger partial charge is 0.0991 e. The fraction of sp³-hybridized carbons (Fsp3) is 0.462. The Hall–Kier alpha value is -1.37. The van der Waals surface area contributed by atoms with Gasteiger partial charge in [0.1, 0.15) is 0 Å². The lowest BCUT2D eigenvalue weighted by atomic mass is 10.1. The Morgan fingerprint density at radius 2 is 2.25 bits per heavy atom. The van der Waals surface area contributed by atoms with Crippen molar-refractivity contribution in [1.82, 2.24) is 4.90 Å². The molecule has 0 aliphatic rings. The Morgan fingerprint density at radius 1 is 1.50 bits per heavy atom. The minimum Gasteiger partial charge on any atom is -0.380 e. The van der Waals surface area contributed by atoms with Crippen molar-refractivity contribution in [3.8, 4) is 6.07 Å². The van der Waals surface area contributed by atoms with Crippen molar-refractivity contribution >= 4 is 0 Å². The molecule has 3 nitrogen and oxygen atoms in total. The van der Waals surface area contributed by atoms with Gasteiger partial charge in [-0.3, -0.25) is 4.90 Å². The molecule has 86 valence electrons. The summed E-state index contributed by atoms with van der Waals surface area (Å²) in [4.78, 5) is 2.19. The normalized spacial score (nSPS) is 12.4. The predicted molar refractivity (Wildman–Crippen MR) is 64.0 cm³/mol. The van der Waals surface area contributed by atoms with Crippen LogP contribution in [0.4, 0.5) is 0 Å². The van der Waals surface area contributed by atoms with E-state index in [2.05, 4.69) is 18.0 Å². The predicted octanol–water partition coefficient (Wildman–Crippen LogP) is 2.02. The maximum atomic E-state index is 8.80. The standard InChI is InChI=1S/C13H18N2O/c1-11(16-3)9-15(2)10-13-6-4-5-12(7-13)8-14/h4-7,11H,9-10H2,1-3H3. The molecule has 16 heavy (non-hydrogen) atoms.